The quantitative estimate of drug-likeness (QED) is 0.757. The van der Waals surface area contributed by atoms with Gasteiger partial charge in [-0.1, -0.05) is 0 Å². The fraction of sp³-hybridized carbons (Fsp3) is 0.125. The molecule has 0 N–H and O–H groups in total. The van der Waals surface area contributed by atoms with E-state index in [0.29, 0.717) is 0 Å². The second-order valence-electron chi connectivity index (χ2n) is 2.20. The third kappa shape index (κ3) is 3.34. The van der Waals surface area contributed by atoms with Crippen molar-refractivity contribution in [2.75, 3.05) is 0 Å². The fourth-order valence-electron chi connectivity index (χ4n) is 0.757. The molecular weight excluding hydrogens is 201 g/mol. The first-order valence-corrected chi connectivity index (χ1v) is 3.41. The zero-order valence-corrected chi connectivity index (χ0v) is 6.67. The maximum absolute atomic E-state index is 11.7. The van der Waals surface area contributed by atoms with Gasteiger partial charge in [-0.2, -0.15) is 0 Å². The first-order valence-electron chi connectivity index (χ1n) is 3.41. The zero-order valence-electron chi connectivity index (χ0n) is 6.67. The first-order chi connectivity index (χ1) is 6.51. The Balaban J connectivity index is 2.68. The molecule has 0 saturated heterocycles. The van der Waals surface area contributed by atoms with Gasteiger partial charge < -0.3 is 9.47 Å². The Morgan fingerprint density at radius 1 is 1.07 bits per heavy atom. The number of alkyl halides is 3. The molecule has 1 radical (unpaired) electrons. The van der Waals surface area contributed by atoms with Gasteiger partial charge in [0.15, 0.2) is 0 Å². The van der Waals surface area contributed by atoms with Gasteiger partial charge in [-0.05, 0) is 24.3 Å². The molecule has 0 spiro atoms. The van der Waals surface area contributed by atoms with Gasteiger partial charge in [-0.25, -0.2) is 4.79 Å². The SMILES string of the molecule is O=[C]Oc1ccc(OC(F)(F)F)cc1. The van der Waals surface area contributed by atoms with Gasteiger partial charge in [0, 0.05) is 0 Å². The van der Waals surface area contributed by atoms with Crippen LogP contribution < -0.4 is 9.47 Å². The molecule has 0 saturated carbocycles. The van der Waals surface area contributed by atoms with E-state index in [1.54, 1.807) is 0 Å². The predicted octanol–water partition coefficient (Wildman–Crippen LogP) is 2.03. The third-order valence-corrected chi connectivity index (χ3v) is 1.22. The summed E-state index contributed by atoms with van der Waals surface area (Å²) in [5, 5.41) is 0. The third-order valence-electron chi connectivity index (χ3n) is 1.22. The average molecular weight is 205 g/mol. The summed E-state index contributed by atoms with van der Waals surface area (Å²) in [5.41, 5.74) is 0. The Hall–Kier alpha value is -1.72. The minimum Gasteiger partial charge on any atom is -0.418 e. The van der Waals surface area contributed by atoms with Crippen LogP contribution in [0.4, 0.5) is 13.2 Å². The van der Waals surface area contributed by atoms with E-state index >= 15 is 0 Å². The summed E-state index contributed by atoms with van der Waals surface area (Å²) in [6, 6.07) is 4.37. The van der Waals surface area contributed by atoms with Crippen molar-refractivity contribution in [1.29, 1.82) is 0 Å². The number of carbonyl (C=O) groups excluding carboxylic acids is 1. The van der Waals surface area contributed by atoms with Crippen molar-refractivity contribution in [1.82, 2.24) is 0 Å². The molecule has 0 aromatic heterocycles. The molecule has 0 aliphatic carbocycles. The monoisotopic (exact) mass is 205 g/mol. The maximum Gasteiger partial charge on any atom is 0.573 e. The van der Waals surface area contributed by atoms with Crippen molar-refractivity contribution in [2.45, 2.75) is 6.36 Å². The minimum atomic E-state index is -4.72. The van der Waals surface area contributed by atoms with Crippen LogP contribution in [0, 0.1) is 0 Å². The topological polar surface area (TPSA) is 35.5 Å². The molecular formula is C8H4F3O3. The molecule has 0 amide bonds. The largest absolute Gasteiger partial charge is 0.573 e. The summed E-state index contributed by atoms with van der Waals surface area (Å²) in [7, 11) is 0. The molecule has 1 aromatic rings. The summed E-state index contributed by atoms with van der Waals surface area (Å²) in [4.78, 5) is 9.73. The maximum atomic E-state index is 11.7. The smallest absolute Gasteiger partial charge is 0.418 e. The molecule has 0 aliphatic rings. The Labute approximate surface area is 77.0 Å². The van der Waals surface area contributed by atoms with Gasteiger partial charge in [-0.3, -0.25) is 0 Å². The van der Waals surface area contributed by atoms with Gasteiger partial charge in [0.05, 0.1) is 0 Å². The Morgan fingerprint density at radius 2 is 1.57 bits per heavy atom. The van der Waals surface area contributed by atoms with Gasteiger partial charge in [0.25, 0.3) is 0 Å². The van der Waals surface area contributed by atoms with Crippen molar-refractivity contribution in [2.24, 2.45) is 0 Å². The highest BCUT2D eigenvalue weighted by molar-refractivity contribution is 5.46. The lowest BCUT2D eigenvalue weighted by molar-refractivity contribution is -0.274. The molecule has 0 heterocycles. The van der Waals surface area contributed by atoms with Crippen molar-refractivity contribution in [3.05, 3.63) is 24.3 Å². The van der Waals surface area contributed by atoms with E-state index in [2.05, 4.69) is 9.47 Å². The van der Waals surface area contributed by atoms with Crippen LogP contribution in [-0.4, -0.2) is 12.8 Å². The lowest BCUT2D eigenvalue weighted by Gasteiger charge is -2.08. The molecule has 0 fully saturated rings. The van der Waals surface area contributed by atoms with Crippen LogP contribution in [0.25, 0.3) is 0 Å². The second kappa shape index (κ2) is 3.99. The normalized spacial score (nSPS) is 10.8. The highest BCUT2D eigenvalue weighted by atomic mass is 19.4. The van der Waals surface area contributed by atoms with Crippen LogP contribution in [0.15, 0.2) is 24.3 Å². The molecule has 6 heteroatoms. The van der Waals surface area contributed by atoms with Crippen molar-refractivity contribution < 1.29 is 27.4 Å². The number of benzene rings is 1. The number of hydrogen-bond donors (Lipinski definition) is 0. The molecule has 14 heavy (non-hydrogen) atoms. The fourth-order valence-corrected chi connectivity index (χ4v) is 0.757. The number of hydrogen-bond acceptors (Lipinski definition) is 3. The van der Waals surface area contributed by atoms with E-state index < -0.39 is 6.36 Å². The Kier molecular flexibility index (Phi) is 2.95. The van der Waals surface area contributed by atoms with Crippen LogP contribution in [-0.2, 0) is 4.79 Å². The summed E-state index contributed by atoms with van der Waals surface area (Å²) in [6.07, 6.45) is -4.72. The summed E-state index contributed by atoms with van der Waals surface area (Å²) >= 11 is 0. The lowest BCUT2D eigenvalue weighted by Crippen LogP contribution is -2.16. The van der Waals surface area contributed by atoms with Gasteiger partial charge in [-0.15, -0.1) is 13.2 Å². The van der Waals surface area contributed by atoms with Gasteiger partial charge in [0.1, 0.15) is 11.5 Å². The van der Waals surface area contributed by atoms with E-state index in [0.717, 1.165) is 30.7 Å². The number of ether oxygens (including phenoxy) is 2. The van der Waals surface area contributed by atoms with E-state index in [1.807, 2.05) is 0 Å². The Bertz CT molecular complexity index is 305. The van der Waals surface area contributed by atoms with Gasteiger partial charge in [0.2, 0.25) is 0 Å². The van der Waals surface area contributed by atoms with Crippen LogP contribution in [0.3, 0.4) is 0 Å². The minimum absolute atomic E-state index is 0.0922. The average Bonchev–Trinajstić information content (AvgIpc) is 2.06. The summed E-state index contributed by atoms with van der Waals surface area (Å²) in [6.45, 7) is 1.14. The zero-order chi connectivity index (χ0) is 10.6. The summed E-state index contributed by atoms with van der Waals surface area (Å²) < 4.78 is 42.9. The number of halogens is 3. The Morgan fingerprint density at radius 3 is 2.00 bits per heavy atom. The highest BCUT2D eigenvalue weighted by Gasteiger charge is 2.30. The molecule has 0 unspecified atom stereocenters. The lowest BCUT2D eigenvalue weighted by atomic mass is 10.3. The van der Waals surface area contributed by atoms with Crippen LogP contribution in [0.2, 0.25) is 0 Å². The number of rotatable bonds is 3. The van der Waals surface area contributed by atoms with Crippen molar-refractivity contribution in [3.63, 3.8) is 0 Å². The highest BCUT2D eigenvalue weighted by Crippen LogP contribution is 2.24. The second-order valence-corrected chi connectivity index (χ2v) is 2.20. The van der Waals surface area contributed by atoms with E-state index in [-0.39, 0.29) is 11.5 Å². The van der Waals surface area contributed by atoms with Crippen LogP contribution in [0.1, 0.15) is 0 Å². The van der Waals surface area contributed by atoms with Crippen LogP contribution in [0.5, 0.6) is 11.5 Å². The molecule has 0 atom stereocenters. The van der Waals surface area contributed by atoms with Crippen molar-refractivity contribution in [3.8, 4) is 11.5 Å². The van der Waals surface area contributed by atoms with Crippen molar-refractivity contribution >= 4 is 6.47 Å². The first kappa shape index (κ1) is 10.4. The molecule has 3 nitrogen and oxygen atoms in total. The summed E-state index contributed by atoms with van der Waals surface area (Å²) in [5.74, 6) is -0.287. The molecule has 0 aliphatic heterocycles. The molecule has 1 rings (SSSR count). The standard InChI is InChI=1S/C8H4F3O3/c9-8(10,11)14-7-3-1-6(2-4-7)13-5-12/h1-4H. The molecule has 75 valence electrons. The predicted molar refractivity (Wildman–Crippen MR) is 39.4 cm³/mol. The van der Waals surface area contributed by atoms with Crippen LogP contribution >= 0.6 is 0 Å². The van der Waals surface area contributed by atoms with Gasteiger partial charge >= 0.3 is 12.8 Å². The molecule has 0 bridgehead atoms. The van der Waals surface area contributed by atoms with E-state index in [4.69, 9.17) is 0 Å². The van der Waals surface area contributed by atoms with E-state index in [1.165, 1.54) is 0 Å². The molecule has 1 aromatic carbocycles. The van der Waals surface area contributed by atoms with E-state index in [9.17, 15) is 18.0 Å².